The fourth-order valence-corrected chi connectivity index (χ4v) is 4.19. The molecule has 2 fully saturated rings. The maximum atomic E-state index is 6.01. The van der Waals surface area contributed by atoms with E-state index in [1.807, 2.05) is 18.3 Å². The van der Waals surface area contributed by atoms with Crippen molar-refractivity contribution in [2.24, 2.45) is 10.8 Å². The van der Waals surface area contributed by atoms with Gasteiger partial charge in [0.1, 0.15) is 5.82 Å². The highest BCUT2D eigenvalue weighted by Crippen LogP contribution is 2.22. The molecule has 2 aliphatic rings. The van der Waals surface area contributed by atoms with Crippen LogP contribution in [-0.4, -0.2) is 90.5 Å². The molecule has 9 nitrogen and oxygen atoms in total. The van der Waals surface area contributed by atoms with Crippen LogP contribution < -0.4 is 21.0 Å². The second-order valence-electron chi connectivity index (χ2n) is 8.36. The monoisotopic (exact) mass is 487 g/mol. The Bertz CT molecular complexity index is 968. The number of nitrogens with two attached hydrogens (primary N) is 1. The van der Waals surface area contributed by atoms with E-state index >= 15 is 0 Å². The van der Waals surface area contributed by atoms with Gasteiger partial charge >= 0.3 is 0 Å². The lowest BCUT2D eigenvalue weighted by atomic mass is 10.2. The normalized spacial score (nSPS) is 18.1. The number of nitrogens with zero attached hydrogens (tertiary/aromatic N) is 7. The van der Waals surface area contributed by atoms with E-state index in [1.165, 1.54) is 5.56 Å². The Labute approximate surface area is 205 Å². The Morgan fingerprint density at radius 1 is 1.09 bits per heavy atom. The molecular weight excluding hydrogens is 458 g/mol. The summed E-state index contributed by atoms with van der Waals surface area (Å²) in [4.78, 5) is 18.9. The van der Waals surface area contributed by atoms with Gasteiger partial charge in [-0.1, -0.05) is 23.7 Å². The van der Waals surface area contributed by atoms with E-state index in [9.17, 15) is 0 Å². The van der Waals surface area contributed by atoms with Crippen LogP contribution in [0.4, 0.5) is 11.8 Å². The number of thiocarbonyl (C=S) groups is 1. The van der Waals surface area contributed by atoms with Crippen LogP contribution in [0.25, 0.3) is 0 Å². The Kier molecular flexibility index (Phi) is 7.92. The zero-order chi connectivity index (χ0) is 23.2. The van der Waals surface area contributed by atoms with E-state index in [-0.39, 0.29) is 5.11 Å². The van der Waals surface area contributed by atoms with Crippen molar-refractivity contribution in [2.75, 3.05) is 69.2 Å². The van der Waals surface area contributed by atoms with Gasteiger partial charge in [0.05, 0.1) is 11.8 Å². The van der Waals surface area contributed by atoms with Gasteiger partial charge < -0.3 is 20.4 Å². The molecule has 3 heterocycles. The molecule has 176 valence electrons. The van der Waals surface area contributed by atoms with Gasteiger partial charge in [0.2, 0.25) is 5.95 Å². The first-order chi connectivity index (χ1) is 16.0. The molecule has 4 rings (SSSR count). The molecule has 0 amide bonds. The minimum Gasteiger partial charge on any atom is -0.375 e. The van der Waals surface area contributed by atoms with Crippen molar-refractivity contribution < 1.29 is 0 Å². The SMILES string of the molecule is CN1CCN(c2nc(N3CCN(Cc4ccc(Cl)cc4)CC3)ncc2C=NNC(N)=S)CC1. The Morgan fingerprint density at radius 3 is 2.42 bits per heavy atom. The van der Waals surface area contributed by atoms with Crippen molar-refractivity contribution in [2.45, 2.75) is 6.54 Å². The summed E-state index contributed by atoms with van der Waals surface area (Å²) in [6.45, 7) is 8.39. The molecule has 0 aliphatic carbocycles. The molecule has 1 aromatic heterocycles. The Morgan fingerprint density at radius 2 is 1.76 bits per heavy atom. The summed E-state index contributed by atoms with van der Waals surface area (Å²) >= 11 is 10.8. The molecule has 33 heavy (non-hydrogen) atoms. The fourth-order valence-electron chi connectivity index (χ4n) is 4.01. The molecule has 0 radical (unpaired) electrons. The summed E-state index contributed by atoms with van der Waals surface area (Å²) in [5, 5.41) is 5.02. The zero-order valence-corrected chi connectivity index (χ0v) is 20.4. The molecule has 2 aliphatic heterocycles. The highest BCUT2D eigenvalue weighted by Gasteiger charge is 2.23. The van der Waals surface area contributed by atoms with Crippen LogP contribution in [0, 0.1) is 0 Å². The van der Waals surface area contributed by atoms with Crippen LogP contribution >= 0.6 is 23.8 Å². The first-order valence-corrected chi connectivity index (χ1v) is 11.9. The zero-order valence-electron chi connectivity index (χ0n) is 18.8. The molecule has 0 bridgehead atoms. The first kappa shape index (κ1) is 23.6. The molecule has 0 saturated carbocycles. The number of hydrogen-bond donors (Lipinski definition) is 2. The van der Waals surface area contributed by atoms with Crippen LogP contribution in [0.1, 0.15) is 11.1 Å². The third-order valence-corrected chi connectivity index (χ3v) is 6.28. The number of piperazine rings is 2. The van der Waals surface area contributed by atoms with Gasteiger partial charge in [0.25, 0.3) is 0 Å². The average Bonchev–Trinajstić information content (AvgIpc) is 2.82. The molecule has 2 saturated heterocycles. The largest absolute Gasteiger partial charge is 0.375 e. The van der Waals surface area contributed by atoms with E-state index in [0.717, 1.165) is 81.3 Å². The average molecular weight is 488 g/mol. The van der Waals surface area contributed by atoms with Crippen molar-refractivity contribution in [3.63, 3.8) is 0 Å². The van der Waals surface area contributed by atoms with Gasteiger partial charge in [0, 0.05) is 70.1 Å². The number of hydrazone groups is 1. The van der Waals surface area contributed by atoms with Crippen molar-refractivity contribution in [1.82, 2.24) is 25.2 Å². The first-order valence-electron chi connectivity index (χ1n) is 11.1. The van der Waals surface area contributed by atoms with Crippen LogP contribution in [0.15, 0.2) is 35.6 Å². The van der Waals surface area contributed by atoms with Gasteiger partial charge in [-0.3, -0.25) is 10.3 Å². The van der Waals surface area contributed by atoms with Crippen LogP contribution in [0.3, 0.4) is 0 Å². The van der Waals surface area contributed by atoms with Crippen LogP contribution in [0.2, 0.25) is 5.02 Å². The highest BCUT2D eigenvalue weighted by molar-refractivity contribution is 7.80. The highest BCUT2D eigenvalue weighted by atomic mass is 35.5. The molecule has 0 spiro atoms. The van der Waals surface area contributed by atoms with Crippen LogP contribution in [0.5, 0.6) is 0 Å². The predicted octanol–water partition coefficient (Wildman–Crippen LogP) is 1.37. The van der Waals surface area contributed by atoms with Crippen molar-refractivity contribution in [3.05, 3.63) is 46.6 Å². The van der Waals surface area contributed by atoms with E-state index in [2.05, 4.69) is 54.3 Å². The van der Waals surface area contributed by atoms with Gasteiger partial charge in [-0.05, 0) is 37.0 Å². The smallest absolute Gasteiger partial charge is 0.227 e. The minimum absolute atomic E-state index is 0.126. The Hall–Kier alpha value is -2.53. The molecule has 3 N–H and O–H groups in total. The molecule has 1 aromatic carbocycles. The molecular formula is C22H30ClN9S. The topological polar surface area (TPSA) is 89.2 Å². The summed E-state index contributed by atoms with van der Waals surface area (Å²) in [6.07, 6.45) is 3.52. The van der Waals surface area contributed by atoms with Gasteiger partial charge in [-0.2, -0.15) is 10.1 Å². The van der Waals surface area contributed by atoms with Gasteiger partial charge in [-0.25, -0.2) is 4.98 Å². The lowest BCUT2D eigenvalue weighted by molar-refractivity contribution is 0.248. The standard InChI is InChI=1S/C22H30ClN9S/c1-29-6-10-31(11-7-29)20-18(15-26-28-21(24)33)14-25-22(27-20)32-12-8-30(9-13-32)16-17-2-4-19(23)5-3-17/h2-5,14-15H,6-13,16H2,1H3,(H3,24,28,33). The summed E-state index contributed by atoms with van der Waals surface area (Å²) in [6, 6.07) is 8.07. The maximum absolute atomic E-state index is 6.01. The second-order valence-corrected chi connectivity index (χ2v) is 9.24. The number of rotatable bonds is 6. The van der Waals surface area contributed by atoms with E-state index in [1.54, 1.807) is 6.21 Å². The number of likely N-dealkylation sites (N-methyl/N-ethyl adjacent to an activating group) is 1. The third kappa shape index (κ3) is 6.50. The summed E-state index contributed by atoms with van der Waals surface area (Å²) in [5.41, 5.74) is 10.2. The van der Waals surface area contributed by atoms with Crippen molar-refractivity contribution in [1.29, 1.82) is 0 Å². The number of benzene rings is 1. The van der Waals surface area contributed by atoms with Gasteiger partial charge in [0.15, 0.2) is 5.11 Å². The number of nitrogens with one attached hydrogen (secondary N) is 1. The summed E-state index contributed by atoms with van der Waals surface area (Å²) in [7, 11) is 2.14. The van der Waals surface area contributed by atoms with Gasteiger partial charge in [-0.15, -0.1) is 0 Å². The van der Waals surface area contributed by atoms with E-state index in [4.69, 9.17) is 34.5 Å². The minimum atomic E-state index is 0.126. The number of anilines is 2. The number of aromatic nitrogens is 2. The summed E-state index contributed by atoms with van der Waals surface area (Å²) < 4.78 is 0. The molecule has 0 atom stereocenters. The van der Waals surface area contributed by atoms with E-state index in [0.29, 0.717) is 0 Å². The van der Waals surface area contributed by atoms with Crippen molar-refractivity contribution >= 4 is 46.9 Å². The Balaban J connectivity index is 1.45. The fraction of sp³-hybridized carbons (Fsp3) is 0.455. The molecule has 11 heteroatoms. The van der Waals surface area contributed by atoms with Crippen LogP contribution in [-0.2, 0) is 6.54 Å². The quantitative estimate of drug-likeness (QED) is 0.356. The third-order valence-electron chi connectivity index (χ3n) is 5.94. The molecule has 2 aromatic rings. The number of halogens is 1. The van der Waals surface area contributed by atoms with Crippen molar-refractivity contribution in [3.8, 4) is 0 Å². The lowest BCUT2D eigenvalue weighted by Crippen LogP contribution is -2.47. The maximum Gasteiger partial charge on any atom is 0.227 e. The van der Waals surface area contributed by atoms with E-state index < -0.39 is 0 Å². The predicted molar refractivity (Wildman–Crippen MR) is 138 cm³/mol. The molecule has 0 unspecified atom stereocenters. The second kappa shape index (κ2) is 11.1. The lowest BCUT2D eigenvalue weighted by Gasteiger charge is -2.36. The number of hydrogen-bond acceptors (Lipinski definition) is 8. The summed E-state index contributed by atoms with van der Waals surface area (Å²) in [5.74, 6) is 1.65.